The quantitative estimate of drug-likeness (QED) is 0.722. The standard InChI is InChI=1S/C19H14N2O4S/c22-18(23)17-20-9-16(26-17)21-19(24)25-10-15-13-7-3-1-5-11(13)12-6-2-4-8-14(12)15/h1-9,15H,10H2,(H,21,24)(H,22,23). The van der Waals surface area contributed by atoms with Gasteiger partial charge in [0.25, 0.3) is 0 Å². The number of nitrogens with one attached hydrogen (secondary N) is 1. The van der Waals surface area contributed by atoms with Crippen LogP contribution in [0.25, 0.3) is 11.1 Å². The largest absolute Gasteiger partial charge is 0.476 e. The second-order valence-electron chi connectivity index (χ2n) is 5.79. The lowest BCUT2D eigenvalue weighted by Gasteiger charge is -2.14. The highest BCUT2D eigenvalue weighted by Crippen LogP contribution is 2.44. The van der Waals surface area contributed by atoms with Crippen molar-refractivity contribution in [2.24, 2.45) is 0 Å². The van der Waals surface area contributed by atoms with E-state index in [1.807, 2.05) is 36.4 Å². The minimum Gasteiger partial charge on any atom is -0.476 e. The molecule has 0 radical (unpaired) electrons. The number of aromatic carboxylic acids is 1. The molecular weight excluding hydrogens is 352 g/mol. The predicted octanol–water partition coefficient (Wildman–Crippen LogP) is 4.20. The minimum atomic E-state index is -1.13. The number of ether oxygens (including phenoxy) is 1. The Morgan fingerprint density at radius 3 is 2.27 bits per heavy atom. The van der Waals surface area contributed by atoms with Gasteiger partial charge in [0.1, 0.15) is 11.6 Å². The molecule has 130 valence electrons. The molecule has 7 heteroatoms. The first-order chi connectivity index (χ1) is 12.6. The number of amides is 1. The monoisotopic (exact) mass is 366 g/mol. The molecule has 6 nitrogen and oxygen atoms in total. The number of nitrogens with zero attached hydrogens (tertiary/aromatic N) is 1. The van der Waals surface area contributed by atoms with Crippen molar-refractivity contribution in [2.45, 2.75) is 5.92 Å². The van der Waals surface area contributed by atoms with Gasteiger partial charge in [0.05, 0.1) is 6.20 Å². The van der Waals surface area contributed by atoms with Gasteiger partial charge < -0.3 is 9.84 Å². The van der Waals surface area contributed by atoms with Gasteiger partial charge in [-0.3, -0.25) is 5.32 Å². The van der Waals surface area contributed by atoms with Crippen LogP contribution < -0.4 is 5.32 Å². The number of fused-ring (bicyclic) bond motifs is 3. The fourth-order valence-electron chi connectivity index (χ4n) is 3.17. The Morgan fingerprint density at radius 2 is 1.69 bits per heavy atom. The van der Waals surface area contributed by atoms with Gasteiger partial charge in [-0.25, -0.2) is 14.6 Å². The van der Waals surface area contributed by atoms with Gasteiger partial charge >= 0.3 is 12.1 Å². The van der Waals surface area contributed by atoms with E-state index in [1.165, 1.54) is 6.20 Å². The van der Waals surface area contributed by atoms with Crippen LogP contribution in [-0.4, -0.2) is 28.8 Å². The van der Waals surface area contributed by atoms with Crippen LogP contribution in [0.2, 0.25) is 0 Å². The van der Waals surface area contributed by atoms with E-state index in [0.717, 1.165) is 33.6 Å². The van der Waals surface area contributed by atoms with Gasteiger partial charge in [0.2, 0.25) is 5.01 Å². The second-order valence-corrected chi connectivity index (χ2v) is 6.82. The Kier molecular flexibility index (Phi) is 4.14. The zero-order chi connectivity index (χ0) is 18.1. The number of hydrogen-bond donors (Lipinski definition) is 2. The molecule has 1 amide bonds. The van der Waals surface area contributed by atoms with Crippen LogP contribution in [0.5, 0.6) is 0 Å². The molecule has 0 spiro atoms. The Hall–Kier alpha value is -3.19. The fraction of sp³-hybridized carbons (Fsp3) is 0.105. The fourth-order valence-corrected chi connectivity index (χ4v) is 3.81. The van der Waals surface area contributed by atoms with Crippen LogP contribution in [0.15, 0.2) is 54.7 Å². The Balaban J connectivity index is 1.47. The van der Waals surface area contributed by atoms with Crippen molar-refractivity contribution in [3.8, 4) is 11.1 Å². The van der Waals surface area contributed by atoms with Gasteiger partial charge in [-0.05, 0) is 22.3 Å². The van der Waals surface area contributed by atoms with Gasteiger partial charge in [-0.1, -0.05) is 59.9 Å². The van der Waals surface area contributed by atoms with Gasteiger partial charge in [-0.2, -0.15) is 0 Å². The normalized spacial score (nSPS) is 12.3. The maximum atomic E-state index is 12.1. The number of rotatable bonds is 4. The SMILES string of the molecule is O=C(Nc1cnc(C(=O)O)s1)OCC1c2ccccc2-c2ccccc21. The zero-order valence-electron chi connectivity index (χ0n) is 13.5. The first-order valence-corrected chi connectivity index (χ1v) is 8.76. The predicted molar refractivity (Wildman–Crippen MR) is 97.8 cm³/mol. The van der Waals surface area contributed by atoms with Crippen molar-refractivity contribution >= 4 is 28.4 Å². The second kappa shape index (κ2) is 6.61. The molecule has 3 aromatic rings. The summed E-state index contributed by atoms with van der Waals surface area (Å²) in [5.74, 6) is -1.15. The Labute approximate surface area is 153 Å². The third-order valence-corrected chi connectivity index (χ3v) is 5.16. The molecule has 2 aromatic carbocycles. The molecule has 1 heterocycles. The number of aromatic nitrogens is 1. The average Bonchev–Trinajstić information content (AvgIpc) is 3.23. The van der Waals surface area contributed by atoms with E-state index in [-0.39, 0.29) is 17.5 Å². The summed E-state index contributed by atoms with van der Waals surface area (Å²) in [6.45, 7) is 0.199. The van der Waals surface area contributed by atoms with E-state index in [1.54, 1.807) is 0 Å². The van der Waals surface area contributed by atoms with Crippen LogP contribution in [0.1, 0.15) is 26.8 Å². The lowest BCUT2D eigenvalue weighted by molar-refractivity contribution is 0.0696. The summed E-state index contributed by atoms with van der Waals surface area (Å²) in [4.78, 5) is 26.6. The lowest BCUT2D eigenvalue weighted by Crippen LogP contribution is -2.17. The molecule has 0 saturated heterocycles. The Morgan fingerprint density at radius 1 is 1.08 bits per heavy atom. The van der Waals surface area contributed by atoms with E-state index < -0.39 is 12.1 Å². The van der Waals surface area contributed by atoms with E-state index in [0.29, 0.717) is 5.00 Å². The molecular formula is C19H14N2O4S. The van der Waals surface area contributed by atoms with Crippen LogP contribution in [-0.2, 0) is 4.74 Å². The highest BCUT2D eigenvalue weighted by Gasteiger charge is 2.29. The number of thiazole rings is 1. The molecule has 4 rings (SSSR count). The van der Waals surface area contributed by atoms with Crippen molar-refractivity contribution in [1.29, 1.82) is 0 Å². The van der Waals surface area contributed by atoms with E-state index >= 15 is 0 Å². The topological polar surface area (TPSA) is 88.5 Å². The van der Waals surface area contributed by atoms with Gasteiger partial charge in [0.15, 0.2) is 0 Å². The molecule has 1 aromatic heterocycles. The summed E-state index contributed by atoms with van der Waals surface area (Å²) in [7, 11) is 0. The molecule has 0 unspecified atom stereocenters. The van der Waals surface area contributed by atoms with E-state index in [2.05, 4.69) is 22.4 Å². The molecule has 26 heavy (non-hydrogen) atoms. The first-order valence-electron chi connectivity index (χ1n) is 7.94. The summed E-state index contributed by atoms with van der Waals surface area (Å²) < 4.78 is 5.39. The minimum absolute atomic E-state index is 0.0239. The number of carbonyl (C=O) groups is 2. The highest BCUT2D eigenvalue weighted by molar-refractivity contribution is 7.17. The summed E-state index contributed by atoms with van der Waals surface area (Å²) in [5, 5.41) is 11.6. The molecule has 0 saturated carbocycles. The summed E-state index contributed by atoms with van der Waals surface area (Å²) in [6, 6.07) is 16.2. The number of carboxylic acid groups (broad SMARTS) is 1. The van der Waals surface area contributed by atoms with Crippen LogP contribution in [0.4, 0.5) is 9.80 Å². The van der Waals surface area contributed by atoms with Crippen molar-refractivity contribution in [3.05, 3.63) is 70.9 Å². The molecule has 2 N–H and O–H groups in total. The lowest BCUT2D eigenvalue weighted by atomic mass is 9.98. The van der Waals surface area contributed by atoms with Crippen molar-refractivity contribution in [2.75, 3.05) is 11.9 Å². The molecule has 0 atom stereocenters. The van der Waals surface area contributed by atoms with Gasteiger partial charge in [-0.15, -0.1) is 0 Å². The maximum absolute atomic E-state index is 12.1. The summed E-state index contributed by atoms with van der Waals surface area (Å²) in [5.41, 5.74) is 4.58. The third kappa shape index (κ3) is 2.93. The van der Waals surface area contributed by atoms with E-state index in [9.17, 15) is 9.59 Å². The Bertz CT molecular complexity index is 953. The first kappa shape index (κ1) is 16.3. The molecule has 0 aliphatic heterocycles. The van der Waals surface area contributed by atoms with Crippen LogP contribution in [0.3, 0.4) is 0 Å². The van der Waals surface area contributed by atoms with Crippen molar-refractivity contribution in [3.63, 3.8) is 0 Å². The summed E-state index contributed by atoms with van der Waals surface area (Å²) >= 11 is 0.882. The maximum Gasteiger partial charge on any atom is 0.412 e. The van der Waals surface area contributed by atoms with Crippen molar-refractivity contribution < 1.29 is 19.4 Å². The van der Waals surface area contributed by atoms with E-state index in [4.69, 9.17) is 9.84 Å². The number of carboxylic acids is 1. The number of anilines is 1. The zero-order valence-corrected chi connectivity index (χ0v) is 14.3. The number of hydrogen-bond acceptors (Lipinski definition) is 5. The number of benzene rings is 2. The number of carbonyl (C=O) groups excluding carboxylic acids is 1. The van der Waals surface area contributed by atoms with Crippen LogP contribution in [0, 0.1) is 0 Å². The molecule has 1 aliphatic rings. The van der Waals surface area contributed by atoms with Gasteiger partial charge in [0, 0.05) is 5.92 Å². The van der Waals surface area contributed by atoms with Crippen molar-refractivity contribution in [1.82, 2.24) is 4.98 Å². The average molecular weight is 366 g/mol. The molecule has 0 bridgehead atoms. The third-order valence-electron chi connectivity index (χ3n) is 4.26. The summed E-state index contributed by atoms with van der Waals surface area (Å²) in [6.07, 6.45) is 0.669. The highest BCUT2D eigenvalue weighted by atomic mass is 32.1. The smallest absolute Gasteiger partial charge is 0.412 e. The van der Waals surface area contributed by atoms with Crippen LogP contribution >= 0.6 is 11.3 Å². The molecule has 0 fully saturated rings. The molecule has 1 aliphatic carbocycles.